The van der Waals surface area contributed by atoms with Gasteiger partial charge in [-0.25, -0.2) is 4.98 Å². The van der Waals surface area contributed by atoms with Gasteiger partial charge >= 0.3 is 0 Å². The van der Waals surface area contributed by atoms with Gasteiger partial charge in [-0.2, -0.15) is 0 Å². The Labute approximate surface area is 123 Å². The average Bonchev–Trinajstić information content (AvgIpc) is 2.92. The molecule has 1 unspecified atom stereocenters. The van der Waals surface area contributed by atoms with Crippen molar-refractivity contribution in [2.24, 2.45) is 11.8 Å². The van der Waals surface area contributed by atoms with Gasteiger partial charge in [-0.3, -0.25) is 4.79 Å². The maximum atomic E-state index is 12.1. The molecule has 2 aromatic rings. The molecule has 1 aliphatic rings. The third-order valence-corrected chi connectivity index (χ3v) is 4.04. The van der Waals surface area contributed by atoms with E-state index < -0.39 is 0 Å². The van der Waals surface area contributed by atoms with Gasteiger partial charge in [-0.15, -0.1) is 0 Å². The molecule has 2 N–H and O–H groups in total. The van der Waals surface area contributed by atoms with E-state index in [1.54, 1.807) is 0 Å². The second-order valence-corrected chi connectivity index (χ2v) is 5.42. The van der Waals surface area contributed by atoms with Crippen LogP contribution in [0.5, 0.6) is 0 Å². The van der Waals surface area contributed by atoms with Crippen molar-refractivity contribution in [3.05, 3.63) is 42.4 Å². The first-order chi connectivity index (χ1) is 10.3. The van der Waals surface area contributed by atoms with Crippen LogP contribution < -0.4 is 10.6 Å². The van der Waals surface area contributed by atoms with Gasteiger partial charge in [0.2, 0.25) is 5.91 Å². The lowest BCUT2D eigenvalue weighted by atomic mass is 9.88. The Hall–Kier alpha value is -2.14. The van der Waals surface area contributed by atoms with Crippen LogP contribution in [-0.4, -0.2) is 24.0 Å². The fourth-order valence-electron chi connectivity index (χ4n) is 2.43. The zero-order chi connectivity index (χ0) is 14.7. The van der Waals surface area contributed by atoms with Gasteiger partial charge in [0, 0.05) is 11.5 Å². The van der Waals surface area contributed by atoms with E-state index in [-0.39, 0.29) is 11.8 Å². The Morgan fingerprint density at radius 1 is 1.43 bits per heavy atom. The fourth-order valence-corrected chi connectivity index (χ4v) is 2.43. The number of hydrogen-bond acceptors (Lipinski definition) is 4. The first-order valence-electron chi connectivity index (χ1n) is 7.22. The van der Waals surface area contributed by atoms with Crippen molar-refractivity contribution < 1.29 is 9.21 Å². The molecule has 0 bridgehead atoms. The normalized spacial score (nSPS) is 16.2. The minimum atomic E-state index is 0.0262. The molecule has 1 amide bonds. The quantitative estimate of drug-likeness (QED) is 0.879. The van der Waals surface area contributed by atoms with E-state index >= 15 is 0 Å². The molecule has 5 heteroatoms. The van der Waals surface area contributed by atoms with Crippen LogP contribution in [0.2, 0.25) is 0 Å². The molecule has 0 spiro atoms. The number of hydrogen-bond donors (Lipinski definition) is 2. The van der Waals surface area contributed by atoms with Gasteiger partial charge in [0.25, 0.3) is 0 Å². The van der Waals surface area contributed by atoms with Crippen LogP contribution in [0.25, 0.3) is 11.3 Å². The highest BCUT2D eigenvalue weighted by molar-refractivity contribution is 5.79. The van der Waals surface area contributed by atoms with Crippen LogP contribution in [0.3, 0.4) is 0 Å². The molecule has 0 radical (unpaired) electrons. The summed E-state index contributed by atoms with van der Waals surface area (Å²) in [7, 11) is 0. The van der Waals surface area contributed by atoms with Gasteiger partial charge in [-0.1, -0.05) is 37.3 Å². The lowest BCUT2D eigenvalue weighted by Crippen LogP contribution is -2.49. The van der Waals surface area contributed by atoms with Crippen molar-refractivity contribution >= 4 is 5.91 Å². The maximum Gasteiger partial charge on any atom is 0.223 e. The fraction of sp³-hybridized carbons (Fsp3) is 0.375. The van der Waals surface area contributed by atoms with E-state index in [0.717, 1.165) is 24.3 Å². The van der Waals surface area contributed by atoms with Crippen LogP contribution in [0.4, 0.5) is 0 Å². The lowest BCUT2D eigenvalue weighted by Gasteiger charge is -2.31. The van der Waals surface area contributed by atoms with Crippen LogP contribution in [-0.2, 0) is 11.3 Å². The number of nitrogens with zero attached hydrogens (tertiary/aromatic N) is 1. The number of carbonyl (C=O) groups is 1. The number of amides is 1. The van der Waals surface area contributed by atoms with Crippen molar-refractivity contribution in [2.45, 2.75) is 13.5 Å². The number of rotatable bonds is 5. The second kappa shape index (κ2) is 6.10. The molecule has 1 aliphatic heterocycles. The molecule has 0 aliphatic carbocycles. The van der Waals surface area contributed by atoms with Crippen LogP contribution >= 0.6 is 0 Å². The Morgan fingerprint density at radius 3 is 2.86 bits per heavy atom. The molecule has 21 heavy (non-hydrogen) atoms. The van der Waals surface area contributed by atoms with Crippen molar-refractivity contribution in [2.75, 3.05) is 13.1 Å². The Kier molecular flexibility index (Phi) is 4.01. The summed E-state index contributed by atoms with van der Waals surface area (Å²) in [5, 5.41) is 6.14. The smallest absolute Gasteiger partial charge is 0.223 e. The Balaban J connectivity index is 1.63. The molecule has 1 atom stereocenters. The molecule has 3 rings (SSSR count). The van der Waals surface area contributed by atoms with Gasteiger partial charge in [0.05, 0.1) is 6.54 Å². The Morgan fingerprint density at radius 2 is 2.19 bits per heavy atom. The summed E-state index contributed by atoms with van der Waals surface area (Å²) in [6.07, 6.45) is 1.42. The highest BCUT2D eigenvalue weighted by atomic mass is 16.3. The van der Waals surface area contributed by atoms with E-state index in [1.807, 2.05) is 37.3 Å². The molecular formula is C16H19N3O2. The van der Waals surface area contributed by atoms with Gasteiger partial charge in [0.15, 0.2) is 12.2 Å². The molecule has 1 saturated heterocycles. The van der Waals surface area contributed by atoms with E-state index in [0.29, 0.717) is 18.2 Å². The summed E-state index contributed by atoms with van der Waals surface area (Å²) >= 11 is 0. The highest BCUT2D eigenvalue weighted by Gasteiger charge is 2.28. The predicted molar refractivity (Wildman–Crippen MR) is 79.3 cm³/mol. The number of oxazole rings is 1. The standard InChI is InChI=1S/C16H19N3O2/c1-11(13-7-17-8-13)16(20)18-9-14-15(21-10-19-14)12-5-3-2-4-6-12/h2-6,10-11,13,17H,7-9H2,1H3,(H,18,20). The largest absolute Gasteiger partial charge is 0.443 e. The first-order valence-corrected chi connectivity index (χ1v) is 7.22. The number of nitrogens with one attached hydrogen (secondary N) is 2. The van der Waals surface area contributed by atoms with Gasteiger partial charge in [0.1, 0.15) is 5.69 Å². The van der Waals surface area contributed by atoms with E-state index in [9.17, 15) is 4.79 Å². The summed E-state index contributed by atoms with van der Waals surface area (Å²) in [5.74, 6) is 1.26. The molecule has 5 nitrogen and oxygen atoms in total. The van der Waals surface area contributed by atoms with E-state index in [4.69, 9.17) is 4.42 Å². The SMILES string of the molecule is CC(C(=O)NCc1ncoc1-c1ccccc1)C1CNC1. The van der Waals surface area contributed by atoms with Crippen LogP contribution in [0, 0.1) is 11.8 Å². The Bertz CT molecular complexity index is 605. The zero-order valence-corrected chi connectivity index (χ0v) is 12.0. The van der Waals surface area contributed by atoms with Crippen LogP contribution in [0.15, 0.2) is 41.1 Å². The predicted octanol–water partition coefficient (Wildman–Crippen LogP) is 1.81. The molecule has 1 aromatic carbocycles. The van der Waals surface area contributed by atoms with E-state index in [2.05, 4.69) is 15.6 Å². The lowest BCUT2D eigenvalue weighted by molar-refractivity contribution is -0.126. The average molecular weight is 285 g/mol. The molecular weight excluding hydrogens is 266 g/mol. The van der Waals surface area contributed by atoms with Gasteiger partial charge < -0.3 is 15.1 Å². The maximum absolute atomic E-state index is 12.1. The summed E-state index contributed by atoms with van der Waals surface area (Å²) < 4.78 is 5.45. The topological polar surface area (TPSA) is 67.2 Å². The number of carbonyl (C=O) groups excluding carboxylic acids is 1. The van der Waals surface area contributed by atoms with Crippen molar-refractivity contribution in [1.82, 2.24) is 15.6 Å². The van der Waals surface area contributed by atoms with Crippen molar-refractivity contribution in [1.29, 1.82) is 0 Å². The van der Waals surface area contributed by atoms with Crippen molar-refractivity contribution in [3.8, 4) is 11.3 Å². The first kappa shape index (κ1) is 13.8. The third-order valence-electron chi connectivity index (χ3n) is 4.04. The molecule has 1 aromatic heterocycles. The minimum Gasteiger partial charge on any atom is -0.443 e. The van der Waals surface area contributed by atoms with E-state index in [1.165, 1.54) is 6.39 Å². The molecule has 0 saturated carbocycles. The highest BCUT2D eigenvalue weighted by Crippen LogP contribution is 2.23. The summed E-state index contributed by atoms with van der Waals surface area (Å²) in [6.45, 7) is 4.22. The van der Waals surface area contributed by atoms with Crippen molar-refractivity contribution in [3.63, 3.8) is 0 Å². The third kappa shape index (κ3) is 2.97. The minimum absolute atomic E-state index is 0.0262. The zero-order valence-electron chi connectivity index (χ0n) is 12.0. The molecule has 110 valence electrons. The summed E-state index contributed by atoms with van der Waals surface area (Å²) in [5.41, 5.74) is 1.73. The molecule has 2 heterocycles. The molecule has 1 fully saturated rings. The number of benzene rings is 1. The second-order valence-electron chi connectivity index (χ2n) is 5.42. The van der Waals surface area contributed by atoms with Gasteiger partial charge in [-0.05, 0) is 19.0 Å². The van der Waals surface area contributed by atoms with Crippen LogP contribution in [0.1, 0.15) is 12.6 Å². The monoisotopic (exact) mass is 285 g/mol. The number of aromatic nitrogens is 1. The summed E-state index contributed by atoms with van der Waals surface area (Å²) in [4.78, 5) is 16.3. The summed E-state index contributed by atoms with van der Waals surface area (Å²) in [6, 6.07) is 9.79.